The minimum atomic E-state index is -0.476. The number of nitrogens with zero attached hydrogens (tertiary/aromatic N) is 2. The second kappa shape index (κ2) is 7.53. The number of halogens is 2. The number of hydrogen-bond acceptors (Lipinski definition) is 3. The summed E-state index contributed by atoms with van der Waals surface area (Å²) in [6.45, 7) is 3.72. The molecular weight excluding hydrogens is 399 g/mol. The van der Waals surface area contributed by atoms with Gasteiger partial charge in [0.25, 0.3) is 11.8 Å². The quantitative estimate of drug-likeness (QED) is 0.612. The van der Waals surface area contributed by atoms with Crippen molar-refractivity contribution in [1.29, 1.82) is 0 Å². The van der Waals surface area contributed by atoms with E-state index in [1.807, 2.05) is 31.2 Å². The molecule has 4 nitrogen and oxygen atoms in total. The Kier molecular flexibility index (Phi) is 5.08. The summed E-state index contributed by atoms with van der Waals surface area (Å²) in [6, 6.07) is 11.8. The first-order valence-corrected chi connectivity index (χ1v) is 10.2. The van der Waals surface area contributed by atoms with Crippen LogP contribution in [0.25, 0.3) is 10.1 Å². The zero-order valence-electron chi connectivity index (χ0n) is 15.2. The maximum atomic E-state index is 13.2. The predicted molar refractivity (Wildman–Crippen MR) is 110 cm³/mol. The van der Waals surface area contributed by atoms with Crippen LogP contribution in [0.4, 0.5) is 4.39 Å². The largest absolute Gasteiger partial charge is 0.335 e. The molecule has 0 aliphatic carbocycles. The second-order valence-electron chi connectivity index (χ2n) is 6.76. The maximum absolute atomic E-state index is 13.2. The molecule has 144 valence electrons. The van der Waals surface area contributed by atoms with Crippen molar-refractivity contribution >= 4 is 44.8 Å². The highest BCUT2D eigenvalue weighted by atomic mass is 35.5. The van der Waals surface area contributed by atoms with Crippen molar-refractivity contribution in [2.45, 2.75) is 6.92 Å². The topological polar surface area (TPSA) is 40.6 Å². The van der Waals surface area contributed by atoms with E-state index < -0.39 is 5.82 Å². The fourth-order valence-corrected chi connectivity index (χ4v) is 4.89. The lowest BCUT2D eigenvalue weighted by atomic mass is 10.1. The lowest BCUT2D eigenvalue weighted by molar-refractivity contribution is 0.0538. The molecule has 0 atom stereocenters. The average molecular weight is 417 g/mol. The summed E-state index contributed by atoms with van der Waals surface area (Å²) in [7, 11) is 0. The van der Waals surface area contributed by atoms with Gasteiger partial charge in [0.1, 0.15) is 5.82 Å². The molecule has 1 aliphatic heterocycles. The van der Waals surface area contributed by atoms with Crippen LogP contribution in [0.15, 0.2) is 42.5 Å². The van der Waals surface area contributed by atoms with Gasteiger partial charge in [0.2, 0.25) is 0 Å². The van der Waals surface area contributed by atoms with Crippen LogP contribution in [0, 0.1) is 12.7 Å². The van der Waals surface area contributed by atoms with Crippen LogP contribution in [0.5, 0.6) is 0 Å². The number of thiophene rings is 1. The van der Waals surface area contributed by atoms with Crippen molar-refractivity contribution in [2.24, 2.45) is 0 Å². The van der Waals surface area contributed by atoms with Crippen molar-refractivity contribution in [1.82, 2.24) is 9.80 Å². The predicted octanol–water partition coefficient (Wildman–Crippen LogP) is 4.60. The Bertz CT molecular complexity index is 1070. The summed E-state index contributed by atoms with van der Waals surface area (Å²) < 4.78 is 14.3. The molecule has 0 bridgehead atoms. The third-order valence-electron chi connectivity index (χ3n) is 5.05. The molecule has 7 heteroatoms. The first-order valence-electron chi connectivity index (χ1n) is 8.97. The van der Waals surface area contributed by atoms with E-state index in [9.17, 15) is 14.0 Å². The van der Waals surface area contributed by atoms with Gasteiger partial charge in [-0.05, 0) is 42.1 Å². The smallest absolute Gasteiger partial charge is 0.264 e. The summed E-state index contributed by atoms with van der Waals surface area (Å²) in [5.41, 5.74) is 1.28. The third-order valence-corrected chi connectivity index (χ3v) is 6.63. The molecule has 0 N–H and O–H groups in total. The van der Waals surface area contributed by atoms with Crippen molar-refractivity contribution in [2.75, 3.05) is 26.2 Å². The van der Waals surface area contributed by atoms with Crippen molar-refractivity contribution in [3.05, 3.63) is 69.3 Å². The molecule has 1 saturated heterocycles. The number of hydrogen-bond donors (Lipinski definition) is 0. The molecule has 1 fully saturated rings. The van der Waals surface area contributed by atoms with Gasteiger partial charge in [-0.25, -0.2) is 4.39 Å². The van der Waals surface area contributed by atoms with Gasteiger partial charge in [0.15, 0.2) is 0 Å². The summed E-state index contributed by atoms with van der Waals surface area (Å²) in [6.07, 6.45) is 0. The Morgan fingerprint density at radius 3 is 2.29 bits per heavy atom. The fourth-order valence-electron chi connectivity index (χ4n) is 3.47. The van der Waals surface area contributed by atoms with Crippen molar-refractivity contribution in [3.63, 3.8) is 0 Å². The van der Waals surface area contributed by atoms with Gasteiger partial charge in [-0.2, -0.15) is 0 Å². The van der Waals surface area contributed by atoms with Crippen LogP contribution < -0.4 is 0 Å². The van der Waals surface area contributed by atoms with Crippen LogP contribution in [0.2, 0.25) is 5.02 Å². The fraction of sp³-hybridized carbons (Fsp3) is 0.238. The van der Waals surface area contributed by atoms with E-state index in [-0.39, 0.29) is 22.4 Å². The van der Waals surface area contributed by atoms with Gasteiger partial charge >= 0.3 is 0 Å². The minimum Gasteiger partial charge on any atom is -0.335 e. The molecule has 28 heavy (non-hydrogen) atoms. The number of piperazine rings is 1. The number of carbonyl (C=O) groups excluding carboxylic acids is 2. The highest BCUT2D eigenvalue weighted by Crippen LogP contribution is 2.31. The van der Waals surface area contributed by atoms with E-state index in [2.05, 4.69) is 0 Å². The Balaban J connectivity index is 1.47. The molecule has 2 aromatic carbocycles. The lowest BCUT2D eigenvalue weighted by Gasteiger charge is -2.34. The van der Waals surface area contributed by atoms with Crippen molar-refractivity contribution < 1.29 is 14.0 Å². The zero-order chi connectivity index (χ0) is 19.8. The van der Waals surface area contributed by atoms with Gasteiger partial charge in [-0.1, -0.05) is 29.8 Å². The minimum absolute atomic E-state index is 0.00520. The van der Waals surface area contributed by atoms with Gasteiger partial charge < -0.3 is 9.80 Å². The Morgan fingerprint density at radius 2 is 1.64 bits per heavy atom. The van der Waals surface area contributed by atoms with E-state index in [1.165, 1.54) is 23.5 Å². The molecular formula is C21H18ClFN2O2S. The van der Waals surface area contributed by atoms with E-state index >= 15 is 0 Å². The number of fused-ring (bicyclic) bond motifs is 1. The second-order valence-corrected chi connectivity index (χ2v) is 8.22. The average Bonchev–Trinajstić information content (AvgIpc) is 3.04. The highest BCUT2D eigenvalue weighted by molar-refractivity contribution is 7.21. The van der Waals surface area contributed by atoms with Gasteiger partial charge in [0, 0.05) is 30.9 Å². The third kappa shape index (κ3) is 3.38. The molecule has 2 heterocycles. The standard InChI is InChI=1S/C21H18ClFN2O2S/c1-13-15-4-2-3-5-18(15)28-19(13)21(27)25-10-8-24(9-11-25)20(26)16-7-6-14(23)12-17(16)22/h2-7,12H,8-11H2,1H3. The molecule has 1 aromatic heterocycles. The summed E-state index contributed by atoms with van der Waals surface area (Å²) in [5.74, 6) is -0.712. The molecule has 0 spiro atoms. The Morgan fingerprint density at radius 1 is 1.00 bits per heavy atom. The molecule has 3 aromatic rings. The number of carbonyl (C=O) groups is 2. The van der Waals surface area contributed by atoms with Crippen molar-refractivity contribution in [3.8, 4) is 0 Å². The molecule has 1 aliphatic rings. The van der Waals surface area contributed by atoms with Gasteiger partial charge in [0.05, 0.1) is 15.5 Å². The molecule has 2 amide bonds. The summed E-state index contributed by atoms with van der Waals surface area (Å²) in [5, 5.41) is 1.21. The van der Waals surface area contributed by atoms with Crippen LogP contribution in [-0.2, 0) is 0 Å². The normalized spacial score (nSPS) is 14.5. The van der Waals surface area contributed by atoms with E-state index in [0.29, 0.717) is 26.2 Å². The monoisotopic (exact) mass is 416 g/mol. The number of aryl methyl sites for hydroxylation is 1. The summed E-state index contributed by atoms with van der Waals surface area (Å²) >= 11 is 7.52. The first kappa shape index (κ1) is 18.9. The highest BCUT2D eigenvalue weighted by Gasteiger charge is 2.28. The number of rotatable bonds is 2. The van der Waals surface area contributed by atoms with E-state index in [4.69, 9.17) is 11.6 Å². The van der Waals surface area contributed by atoms with E-state index in [1.54, 1.807) is 9.80 Å². The van der Waals surface area contributed by atoms with Crippen LogP contribution in [-0.4, -0.2) is 47.8 Å². The summed E-state index contributed by atoms with van der Waals surface area (Å²) in [4.78, 5) is 29.9. The van der Waals surface area contributed by atoms with E-state index in [0.717, 1.165) is 26.6 Å². The Hall–Kier alpha value is -2.44. The zero-order valence-corrected chi connectivity index (χ0v) is 16.8. The molecule has 0 unspecified atom stereocenters. The molecule has 0 radical (unpaired) electrons. The Labute approximate surface area is 171 Å². The number of amides is 2. The van der Waals surface area contributed by atoms with Crippen LogP contribution in [0.3, 0.4) is 0 Å². The van der Waals surface area contributed by atoms with Gasteiger partial charge in [-0.3, -0.25) is 9.59 Å². The van der Waals surface area contributed by atoms with Gasteiger partial charge in [-0.15, -0.1) is 11.3 Å². The number of benzene rings is 2. The van der Waals surface area contributed by atoms with Crippen LogP contribution >= 0.6 is 22.9 Å². The lowest BCUT2D eigenvalue weighted by Crippen LogP contribution is -2.50. The molecule has 0 saturated carbocycles. The molecule has 4 rings (SSSR count). The first-order chi connectivity index (χ1) is 13.5. The maximum Gasteiger partial charge on any atom is 0.264 e. The van der Waals surface area contributed by atoms with Crippen LogP contribution in [0.1, 0.15) is 25.6 Å². The SMILES string of the molecule is Cc1c(C(=O)N2CCN(C(=O)c3ccc(F)cc3Cl)CC2)sc2ccccc12.